The van der Waals surface area contributed by atoms with E-state index in [4.69, 9.17) is 11.6 Å². The minimum absolute atomic E-state index is 0.0986. The molecule has 5 heteroatoms. The lowest BCUT2D eigenvalue weighted by Gasteiger charge is -2.13. The Bertz CT molecular complexity index is 829. The lowest BCUT2D eigenvalue weighted by atomic mass is 10.1. The van der Waals surface area contributed by atoms with E-state index in [9.17, 15) is 4.79 Å². The van der Waals surface area contributed by atoms with Gasteiger partial charge in [-0.2, -0.15) is 0 Å². The molecule has 1 atom stereocenters. The van der Waals surface area contributed by atoms with Gasteiger partial charge in [-0.1, -0.05) is 23.7 Å². The summed E-state index contributed by atoms with van der Waals surface area (Å²) in [5.74, 6) is -0.145. The number of amides is 1. The fraction of sp³-hybridized carbons (Fsp3) is 0.176. The van der Waals surface area contributed by atoms with Crippen molar-refractivity contribution in [1.29, 1.82) is 0 Å². The van der Waals surface area contributed by atoms with Crippen molar-refractivity contribution in [2.24, 2.45) is 0 Å². The van der Waals surface area contributed by atoms with Gasteiger partial charge < -0.3 is 5.32 Å². The topological polar surface area (TPSA) is 42.0 Å². The van der Waals surface area contributed by atoms with Crippen molar-refractivity contribution in [2.75, 3.05) is 0 Å². The van der Waals surface area contributed by atoms with Crippen LogP contribution in [0.2, 0.25) is 5.02 Å². The Morgan fingerprint density at radius 2 is 2.00 bits per heavy atom. The zero-order valence-electron chi connectivity index (χ0n) is 12.3. The predicted octanol–water partition coefficient (Wildman–Crippen LogP) is 4.75. The summed E-state index contributed by atoms with van der Waals surface area (Å²) >= 11 is 7.80. The molecule has 0 saturated heterocycles. The molecule has 3 rings (SSSR count). The summed E-state index contributed by atoms with van der Waals surface area (Å²) in [7, 11) is 0. The lowest BCUT2D eigenvalue weighted by molar-refractivity contribution is 0.0944. The monoisotopic (exact) mass is 330 g/mol. The average molecular weight is 331 g/mol. The molecular weight excluding hydrogens is 316 g/mol. The Morgan fingerprint density at radius 1 is 1.27 bits per heavy atom. The zero-order chi connectivity index (χ0) is 15.7. The molecule has 2 aromatic heterocycles. The number of hydrogen-bond donors (Lipinski definition) is 1. The molecule has 22 heavy (non-hydrogen) atoms. The molecule has 0 radical (unpaired) electrons. The Hall–Kier alpha value is -1.91. The molecule has 0 aliphatic heterocycles. The van der Waals surface area contributed by atoms with Crippen LogP contribution in [0.15, 0.2) is 42.7 Å². The molecule has 0 fully saturated rings. The van der Waals surface area contributed by atoms with Crippen molar-refractivity contribution in [3.63, 3.8) is 0 Å². The molecule has 2 heterocycles. The lowest BCUT2D eigenvalue weighted by Crippen LogP contribution is -2.26. The number of nitrogens with zero attached hydrogens (tertiary/aromatic N) is 1. The second-order valence-electron chi connectivity index (χ2n) is 5.22. The van der Waals surface area contributed by atoms with E-state index in [1.807, 2.05) is 38.1 Å². The number of hydrogen-bond acceptors (Lipinski definition) is 3. The van der Waals surface area contributed by atoms with Gasteiger partial charge in [0.15, 0.2) is 0 Å². The van der Waals surface area contributed by atoms with Crippen LogP contribution in [0.3, 0.4) is 0 Å². The van der Waals surface area contributed by atoms with Gasteiger partial charge in [0.05, 0.1) is 11.1 Å². The highest BCUT2D eigenvalue weighted by molar-refractivity contribution is 7.21. The zero-order valence-corrected chi connectivity index (χ0v) is 13.8. The predicted molar refractivity (Wildman–Crippen MR) is 91.7 cm³/mol. The number of thiophene rings is 1. The van der Waals surface area contributed by atoms with E-state index in [0.717, 1.165) is 21.2 Å². The quantitative estimate of drug-likeness (QED) is 0.753. The van der Waals surface area contributed by atoms with Gasteiger partial charge in [-0.15, -0.1) is 11.3 Å². The molecule has 0 unspecified atom stereocenters. The van der Waals surface area contributed by atoms with Gasteiger partial charge in [0.25, 0.3) is 5.91 Å². The molecule has 0 aliphatic carbocycles. The van der Waals surface area contributed by atoms with Crippen LogP contribution >= 0.6 is 22.9 Å². The summed E-state index contributed by atoms with van der Waals surface area (Å²) < 4.78 is 1.03. The molecule has 112 valence electrons. The first-order valence-electron chi connectivity index (χ1n) is 6.95. The summed E-state index contributed by atoms with van der Waals surface area (Å²) in [6, 6.07) is 9.70. The van der Waals surface area contributed by atoms with Gasteiger partial charge in [0.2, 0.25) is 0 Å². The van der Waals surface area contributed by atoms with E-state index in [2.05, 4.69) is 16.4 Å². The Balaban J connectivity index is 1.88. The first kappa shape index (κ1) is 15.0. The number of fused-ring (bicyclic) bond motifs is 1. The minimum atomic E-state index is -0.145. The highest BCUT2D eigenvalue weighted by Crippen LogP contribution is 2.36. The molecule has 0 bridgehead atoms. The van der Waals surface area contributed by atoms with E-state index in [0.29, 0.717) is 9.90 Å². The van der Waals surface area contributed by atoms with Crippen LogP contribution < -0.4 is 5.32 Å². The number of rotatable bonds is 3. The number of carbonyl (C=O) groups is 1. The SMILES string of the molecule is Cc1ccc2c(Cl)c(C(=O)N[C@H](C)c3ccncc3)sc2c1. The molecule has 0 aliphatic rings. The van der Waals surface area contributed by atoms with E-state index < -0.39 is 0 Å². The smallest absolute Gasteiger partial charge is 0.263 e. The fourth-order valence-electron chi connectivity index (χ4n) is 2.32. The molecule has 0 spiro atoms. The number of pyridine rings is 1. The van der Waals surface area contributed by atoms with Gasteiger partial charge in [-0.25, -0.2) is 0 Å². The van der Waals surface area contributed by atoms with Gasteiger partial charge in [0.1, 0.15) is 4.88 Å². The summed E-state index contributed by atoms with van der Waals surface area (Å²) in [6.07, 6.45) is 3.43. The van der Waals surface area contributed by atoms with E-state index in [-0.39, 0.29) is 11.9 Å². The van der Waals surface area contributed by atoms with Crippen LogP contribution in [0.4, 0.5) is 0 Å². The molecule has 0 saturated carbocycles. The van der Waals surface area contributed by atoms with Crippen molar-refractivity contribution in [3.8, 4) is 0 Å². The number of benzene rings is 1. The maximum Gasteiger partial charge on any atom is 0.263 e. The van der Waals surface area contributed by atoms with Crippen LogP contribution in [-0.2, 0) is 0 Å². The number of halogens is 1. The van der Waals surface area contributed by atoms with Gasteiger partial charge in [0, 0.05) is 22.5 Å². The minimum Gasteiger partial charge on any atom is -0.345 e. The normalized spacial score (nSPS) is 12.3. The van der Waals surface area contributed by atoms with Crippen LogP contribution in [-0.4, -0.2) is 10.9 Å². The van der Waals surface area contributed by atoms with E-state index in [1.165, 1.54) is 11.3 Å². The second-order valence-corrected chi connectivity index (χ2v) is 6.65. The number of aryl methyl sites for hydroxylation is 1. The van der Waals surface area contributed by atoms with Crippen molar-refractivity contribution < 1.29 is 4.79 Å². The Kier molecular flexibility index (Phi) is 4.14. The first-order valence-corrected chi connectivity index (χ1v) is 8.15. The molecule has 1 amide bonds. The van der Waals surface area contributed by atoms with Crippen LogP contribution in [0.5, 0.6) is 0 Å². The van der Waals surface area contributed by atoms with Crippen molar-refractivity contribution in [2.45, 2.75) is 19.9 Å². The third kappa shape index (κ3) is 2.85. The van der Waals surface area contributed by atoms with Gasteiger partial charge >= 0.3 is 0 Å². The maximum atomic E-state index is 12.5. The van der Waals surface area contributed by atoms with Gasteiger partial charge in [-0.05, 0) is 43.2 Å². The molecule has 1 aromatic carbocycles. The van der Waals surface area contributed by atoms with Crippen LogP contribution in [0, 0.1) is 6.92 Å². The maximum absolute atomic E-state index is 12.5. The summed E-state index contributed by atoms with van der Waals surface area (Å²) in [5, 5.41) is 4.44. The average Bonchev–Trinajstić information content (AvgIpc) is 2.84. The Labute approximate surface area is 138 Å². The van der Waals surface area contributed by atoms with Crippen LogP contribution in [0.1, 0.15) is 33.8 Å². The van der Waals surface area contributed by atoms with Crippen molar-refractivity contribution in [3.05, 3.63) is 63.8 Å². The molecular formula is C17H15ClN2OS. The Morgan fingerprint density at radius 3 is 2.73 bits per heavy atom. The standard InChI is InChI=1S/C17H15ClN2OS/c1-10-3-4-13-14(9-10)22-16(15(13)18)17(21)20-11(2)12-5-7-19-8-6-12/h3-9,11H,1-2H3,(H,20,21)/t11-/m1/s1. The second kappa shape index (κ2) is 6.07. The van der Waals surface area contributed by atoms with E-state index in [1.54, 1.807) is 12.4 Å². The van der Waals surface area contributed by atoms with Crippen molar-refractivity contribution in [1.82, 2.24) is 10.3 Å². The molecule has 3 nitrogen and oxygen atoms in total. The van der Waals surface area contributed by atoms with Crippen LogP contribution in [0.25, 0.3) is 10.1 Å². The molecule has 3 aromatic rings. The number of aromatic nitrogens is 1. The molecule has 1 N–H and O–H groups in total. The highest BCUT2D eigenvalue weighted by atomic mass is 35.5. The number of carbonyl (C=O) groups excluding carboxylic acids is 1. The number of nitrogens with one attached hydrogen (secondary N) is 1. The fourth-order valence-corrected chi connectivity index (χ4v) is 3.83. The largest absolute Gasteiger partial charge is 0.345 e. The summed E-state index contributed by atoms with van der Waals surface area (Å²) in [4.78, 5) is 17.0. The first-order chi connectivity index (χ1) is 10.6. The van der Waals surface area contributed by atoms with Crippen molar-refractivity contribution >= 4 is 38.9 Å². The summed E-state index contributed by atoms with van der Waals surface area (Å²) in [5.41, 5.74) is 2.17. The third-order valence-corrected chi connectivity index (χ3v) is 5.20. The van der Waals surface area contributed by atoms with E-state index >= 15 is 0 Å². The van der Waals surface area contributed by atoms with Gasteiger partial charge in [-0.3, -0.25) is 9.78 Å². The summed E-state index contributed by atoms with van der Waals surface area (Å²) in [6.45, 7) is 3.97. The highest BCUT2D eigenvalue weighted by Gasteiger charge is 2.19. The third-order valence-electron chi connectivity index (χ3n) is 3.54.